The Bertz CT molecular complexity index is 560. The third kappa shape index (κ3) is 3.66. The van der Waals surface area contributed by atoms with E-state index in [0.29, 0.717) is 6.54 Å². The summed E-state index contributed by atoms with van der Waals surface area (Å²) >= 11 is 4.98. The lowest BCUT2D eigenvalue weighted by Gasteiger charge is -2.32. The van der Waals surface area contributed by atoms with Crippen LogP contribution in [-0.4, -0.2) is 36.8 Å². The minimum absolute atomic E-state index is 0.196. The molecule has 2 unspecified atom stereocenters. The van der Waals surface area contributed by atoms with Crippen LogP contribution in [0.3, 0.4) is 0 Å². The van der Waals surface area contributed by atoms with Crippen LogP contribution in [0.4, 0.5) is 32.4 Å². The van der Waals surface area contributed by atoms with Crippen molar-refractivity contribution in [1.29, 1.82) is 0 Å². The first kappa shape index (κ1) is 19.4. The molecule has 0 fully saturated rings. The highest BCUT2D eigenvalue weighted by Crippen LogP contribution is 2.50. The highest BCUT2D eigenvalue weighted by atomic mass is 35.5. The lowest BCUT2D eigenvalue weighted by molar-refractivity contribution is -0.347. The molecule has 1 aromatic rings. The summed E-state index contributed by atoms with van der Waals surface area (Å²) in [7, 11) is 1.37. The number of amides is 2. The van der Waals surface area contributed by atoms with Crippen LogP contribution in [0.1, 0.15) is 12.5 Å². The van der Waals surface area contributed by atoms with E-state index < -0.39 is 28.8 Å². The van der Waals surface area contributed by atoms with Gasteiger partial charge in [0, 0.05) is 24.8 Å². The van der Waals surface area contributed by atoms with Gasteiger partial charge in [-0.05, 0) is 19.1 Å². The average Bonchev–Trinajstić information content (AvgIpc) is 2.45. The zero-order chi connectivity index (χ0) is 18.1. The highest BCUT2D eigenvalue weighted by molar-refractivity contribution is 6.23. The minimum Gasteiger partial charge on any atom is -0.351 e. The van der Waals surface area contributed by atoms with Crippen LogP contribution in [0, 0.1) is 0 Å². The molecule has 23 heavy (non-hydrogen) atoms. The van der Waals surface area contributed by atoms with Gasteiger partial charge in [-0.1, -0.05) is 23.7 Å². The largest absolute Gasteiger partial charge is 0.453 e. The van der Waals surface area contributed by atoms with Crippen molar-refractivity contribution in [1.82, 2.24) is 5.32 Å². The summed E-state index contributed by atoms with van der Waals surface area (Å²) in [5, 5.41) is 7.02. The molecule has 2 amide bonds. The van der Waals surface area contributed by atoms with Crippen molar-refractivity contribution in [2.45, 2.75) is 24.1 Å². The number of alkyl halides is 6. The van der Waals surface area contributed by atoms with Crippen LogP contribution in [0.5, 0.6) is 0 Å². The molecule has 2 N–H and O–H groups in total. The van der Waals surface area contributed by atoms with Gasteiger partial charge in [0.2, 0.25) is 0 Å². The van der Waals surface area contributed by atoms with Gasteiger partial charge < -0.3 is 10.4 Å². The number of anilines is 1. The Kier molecular flexibility index (Phi) is 5.48. The summed E-state index contributed by atoms with van der Waals surface area (Å²) in [6, 6.07) is 3.11. The Morgan fingerprint density at radius 2 is 1.70 bits per heavy atom. The second-order valence-electron chi connectivity index (χ2n) is 4.64. The van der Waals surface area contributed by atoms with Crippen LogP contribution < -0.4 is 10.2 Å². The molecule has 1 rings (SSSR count). The standard InChI is InChI=1S/C13H14ClF5N2O2/c1-3-20-10(22)21(2)9-6-4-8(5-7-9)11(14,15)12(16,23)13(17,18)19/h4-7,23H,3H2,1-2H3,(H,20,22). The molecule has 0 saturated heterocycles. The molecule has 4 nitrogen and oxygen atoms in total. The molecule has 0 aromatic heterocycles. The predicted molar refractivity (Wildman–Crippen MR) is 74.7 cm³/mol. The average molecular weight is 361 g/mol. The summed E-state index contributed by atoms with van der Waals surface area (Å²) in [6.07, 6.45) is -5.93. The number of nitrogens with zero attached hydrogens (tertiary/aromatic N) is 1. The normalized spacial score (nSPS) is 17.1. The van der Waals surface area contributed by atoms with Gasteiger partial charge in [0.15, 0.2) is 0 Å². The summed E-state index contributed by atoms with van der Waals surface area (Å²) in [5.41, 5.74) is -0.754. The van der Waals surface area contributed by atoms with Gasteiger partial charge in [-0.25, -0.2) is 9.18 Å². The van der Waals surface area contributed by atoms with Gasteiger partial charge in [0.25, 0.3) is 5.13 Å². The molecule has 0 heterocycles. The summed E-state index contributed by atoms with van der Waals surface area (Å²) in [4.78, 5) is 12.7. The molecule has 0 spiro atoms. The SMILES string of the molecule is CCNC(=O)N(C)c1ccc(C(F)(Cl)C(O)(F)C(F)(F)F)cc1. The van der Waals surface area contributed by atoms with E-state index in [9.17, 15) is 26.7 Å². The van der Waals surface area contributed by atoms with Crippen molar-refractivity contribution < 1.29 is 31.9 Å². The fourth-order valence-electron chi connectivity index (χ4n) is 1.65. The number of urea groups is 1. The first-order valence-corrected chi connectivity index (χ1v) is 6.72. The fraction of sp³-hybridized carbons (Fsp3) is 0.462. The molecule has 0 aliphatic heterocycles. The van der Waals surface area contributed by atoms with Crippen LogP contribution in [0.2, 0.25) is 0 Å². The van der Waals surface area contributed by atoms with Gasteiger partial charge in [0.1, 0.15) is 0 Å². The van der Waals surface area contributed by atoms with Crippen molar-refractivity contribution in [2.24, 2.45) is 0 Å². The molecule has 0 radical (unpaired) electrons. The van der Waals surface area contributed by atoms with E-state index >= 15 is 0 Å². The van der Waals surface area contributed by atoms with E-state index in [2.05, 4.69) is 5.32 Å². The third-order valence-corrected chi connectivity index (χ3v) is 3.51. The van der Waals surface area contributed by atoms with Crippen molar-refractivity contribution in [3.63, 3.8) is 0 Å². The number of benzene rings is 1. The molecular formula is C13H14ClF5N2O2. The molecule has 1 aromatic carbocycles. The second kappa shape index (κ2) is 6.48. The van der Waals surface area contributed by atoms with Gasteiger partial charge >= 0.3 is 18.1 Å². The van der Waals surface area contributed by atoms with E-state index in [1.807, 2.05) is 0 Å². The van der Waals surface area contributed by atoms with Crippen LogP contribution in [-0.2, 0) is 5.13 Å². The van der Waals surface area contributed by atoms with Gasteiger partial charge in [-0.2, -0.15) is 17.6 Å². The highest BCUT2D eigenvalue weighted by Gasteiger charge is 2.69. The Labute approximate surface area is 133 Å². The summed E-state index contributed by atoms with van der Waals surface area (Å²) in [6.45, 7) is 2.02. The van der Waals surface area contributed by atoms with Crippen LogP contribution in [0.15, 0.2) is 24.3 Å². The molecule has 10 heteroatoms. The lowest BCUT2D eigenvalue weighted by atomic mass is 10.0. The van der Waals surface area contributed by atoms with Crippen molar-refractivity contribution >= 4 is 23.3 Å². The Hall–Kier alpha value is -1.61. The Balaban J connectivity index is 3.11. The predicted octanol–water partition coefficient (Wildman–Crippen LogP) is 3.43. The van der Waals surface area contributed by atoms with E-state index in [1.165, 1.54) is 7.05 Å². The maximum absolute atomic E-state index is 14.0. The van der Waals surface area contributed by atoms with Gasteiger partial charge in [-0.15, -0.1) is 0 Å². The zero-order valence-electron chi connectivity index (χ0n) is 12.1. The number of carbonyl (C=O) groups excluding carboxylic acids is 1. The quantitative estimate of drug-likeness (QED) is 0.638. The number of hydrogen-bond donors (Lipinski definition) is 2. The monoisotopic (exact) mass is 360 g/mol. The van der Waals surface area contributed by atoms with Gasteiger partial charge in [-0.3, -0.25) is 4.90 Å². The third-order valence-electron chi connectivity index (χ3n) is 3.04. The number of rotatable bonds is 4. The van der Waals surface area contributed by atoms with E-state index in [4.69, 9.17) is 16.7 Å². The maximum atomic E-state index is 14.0. The molecule has 0 saturated carbocycles. The number of carbonyl (C=O) groups is 1. The number of halogens is 6. The van der Waals surface area contributed by atoms with E-state index in [1.54, 1.807) is 6.92 Å². The van der Waals surface area contributed by atoms with Crippen molar-refractivity contribution in [3.8, 4) is 0 Å². The Morgan fingerprint density at radius 3 is 2.09 bits per heavy atom. The summed E-state index contributed by atoms with van der Waals surface area (Å²) < 4.78 is 64.6. The Morgan fingerprint density at radius 1 is 1.22 bits per heavy atom. The topological polar surface area (TPSA) is 52.6 Å². The van der Waals surface area contributed by atoms with Crippen LogP contribution in [0.25, 0.3) is 0 Å². The van der Waals surface area contributed by atoms with Crippen molar-refractivity contribution in [2.75, 3.05) is 18.5 Å². The van der Waals surface area contributed by atoms with E-state index in [0.717, 1.165) is 29.2 Å². The van der Waals surface area contributed by atoms with Gasteiger partial charge in [0.05, 0.1) is 0 Å². The second-order valence-corrected chi connectivity index (χ2v) is 5.16. The molecule has 0 aliphatic carbocycles. The molecular weight excluding hydrogens is 347 g/mol. The molecule has 0 aliphatic rings. The smallest absolute Gasteiger partial charge is 0.351 e. The molecule has 2 atom stereocenters. The fourth-order valence-corrected chi connectivity index (χ4v) is 1.88. The first-order chi connectivity index (χ1) is 10.4. The molecule has 0 bridgehead atoms. The number of nitrogens with one attached hydrogen (secondary N) is 1. The minimum atomic E-state index is -5.93. The summed E-state index contributed by atoms with van der Waals surface area (Å²) in [5.74, 6) is -5.28. The number of hydrogen-bond acceptors (Lipinski definition) is 2. The maximum Gasteiger partial charge on any atom is 0.453 e. The lowest BCUT2D eigenvalue weighted by Crippen LogP contribution is -2.53. The number of aliphatic hydroxyl groups is 1. The molecule has 130 valence electrons. The first-order valence-electron chi connectivity index (χ1n) is 6.34. The zero-order valence-corrected chi connectivity index (χ0v) is 12.8. The van der Waals surface area contributed by atoms with Crippen LogP contribution >= 0.6 is 11.6 Å². The van der Waals surface area contributed by atoms with E-state index in [-0.39, 0.29) is 5.69 Å². The van der Waals surface area contributed by atoms with Crippen molar-refractivity contribution in [3.05, 3.63) is 29.8 Å².